The minimum absolute atomic E-state index is 0.0145. The van der Waals surface area contributed by atoms with Crippen LogP contribution in [0.5, 0.6) is 0 Å². The Morgan fingerprint density at radius 1 is 1.05 bits per heavy atom. The number of hydrogen-bond acceptors (Lipinski definition) is 5. The van der Waals surface area contributed by atoms with E-state index in [9.17, 15) is 22.8 Å². The van der Waals surface area contributed by atoms with Gasteiger partial charge in [-0.25, -0.2) is 9.97 Å². The molecule has 4 aromatic rings. The summed E-state index contributed by atoms with van der Waals surface area (Å²) in [5, 5.41) is 6.28. The predicted octanol–water partition coefficient (Wildman–Crippen LogP) is 5.65. The molecule has 2 amide bonds. The van der Waals surface area contributed by atoms with Gasteiger partial charge in [-0.1, -0.05) is 12.1 Å². The van der Waals surface area contributed by atoms with Crippen LogP contribution in [0.25, 0.3) is 22.0 Å². The first kappa shape index (κ1) is 24.2. The minimum atomic E-state index is -4.68. The summed E-state index contributed by atoms with van der Waals surface area (Å²) in [7, 11) is 1.74. The molecule has 5 rings (SSSR count). The van der Waals surface area contributed by atoms with E-state index in [0.29, 0.717) is 5.95 Å². The molecular weight excluding hydrogens is 483 g/mol. The number of halogens is 3. The molecule has 1 aromatic heterocycles. The van der Waals surface area contributed by atoms with E-state index in [1.54, 1.807) is 31.4 Å². The highest BCUT2D eigenvalue weighted by molar-refractivity contribution is 6.06. The summed E-state index contributed by atoms with van der Waals surface area (Å²) < 4.78 is 41.1. The third-order valence-corrected chi connectivity index (χ3v) is 6.32. The first-order valence-electron chi connectivity index (χ1n) is 11.5. The number of alkyl halides is 3. The van der Waals surface area contributed by atoms with Crippen molar-refractivity contribution in [2.75, 3.05) is 29.1 Å². The molecule has 7 nitrogen and oxygen atoms in total. The van der Waals surface area contributed by atoms with Crippen LogP contribution >= 0.6 is 0 Å². The van der Waals surface area contributed by atoms with Gasteiger partial charge in [0.05, 0.1) is 16.8 Å². The van der Waals surface area contributed by atoms with E-state index in [1.165, 1.54) is 12.1 Å². The number of β-lactam (4-membered cyclic amide) rings is 1. The number of aryl methyl sites for hydroxylation is 1. The maximum Gasteiger partial charge on any atom is 0.418 e. The number of nitrogens with zero attached hydrogens (tertiary/aromatic N) is 3. The molecule has 10 heteroatoms. The van der Waals surface area contributed by atoms with E-state index in [-0.39, 0.29) is 35.8 Å². The van der Waals surface area contributed by atoms with Crippen molar-refractivity contribution in [1.82, 2.24) is 9.97 Å². The zero-order valence-corrected chi connectivity index (χ0v) is 20.0. The van der Waals surface area contributed by atoms with Crippen LogP contribution in [-0.2, 0) is 11.0 Å². The van der Waals surface area contributed by atoms with Gasteiger partial charge in [0.15, 0.2) is 0 Å². The van der Waals surface area contributed by atoms with Crippen LogP contribution in [-0.4, -0.2) is 35.4 Å². The van der Waals surface area contributed by atoms with E-state index in [4.69, 9.17) is 0 Å². The summed E-state index contributed by atoms with van der Waals surface area (Å²) in [5.74, 6) is -0.407. The molecule has 2 heterocycles. The molecule has 0 bridgehead atoms. The Hall–Kier alpha value is -4.47. The molecule has 2 N–H and O–H groups in total. The minimum Gasteiger partial charge on any atom is -0.357 e. The average molecular weight is 506 g/mol. The standard InChI is InChI=1S/C27H22F3N5O2/c1-15-3-4-17(12-20(15)16-5-7-22-18(11-16)14-32-26(31-2)34-22)25(37)33-19-6-8-23(35-10-9-24(35)36)21(13-19)27(28,29)30/h3-8,11-14H,9-10H2,1-2H3,(H,33,37)(H,31,32,34). The number of nitrogens with one attached hydrogen (secondary N) is 2. The number of amides is 2. The molecule has 0 saturated carbocycles. The molecule has 0 atom stereocenters. The number of hydrogen-bond donors (Lipinski definition) is 2. The first-order chi connectivity index (χ1) is 17.6. The molecule has 1 aliphatic heterocycles. The molecule has 37 heavy (non-hydrogen) atoms. The summed E-state index contributed by atoms with van der Waals surface area (Å²) in [6.45, 7) is 2.14. The molecule has 3 aromatic carbocycles. The Balaban J connectivity index is 1.43. The third-order valence-electron chi connectivity index (χ3n) is 6.32. The van der Waals surface area contributed by atoms with Gasteiger partial charge in [0.2, 0.25) is 11.9 Å². The number of carbonyl (C=O) groups excluding carboxylic acids is 2. The number of aromatic nitrogens is 2. The van der Waals surface area contributed by atoms with Gasteiger partial charge in [-0.3, -0.25) is 9.59 Å². The first-order valence-corrected chi connectivity index (χ1v) is 11.5. The van der Waals surface area contributed by atoms with Crippen molar-refractivity contribution in [2.24, 2.45) is 0 Å². The highest BCUT2D eigenvalue weighted by atomic mass is 19.4. The van der Waals surface area contributed by atoms with Gasteiger partial charge >= 0.3 is 6.18 Å². The maximum absolute atomic E-state index is 13.7. The van der Waals surface area contributed by atoms with E-state index in [0.717, 1.165) is 38.6 Å². The fourth-order valence-electron chi connectivity index (χ4n) is 4.24. The third kappa shape index (κ3) is 4.69. The van der Waals surface area contributed by atoms with Crippen LogP contribution in [0.15, 0.2) is 60.8 Å². The molecule has 1 saturated heterocycles. The lowest BCUT2D eigenvalue weighted by molar-refractivity contribution is -0.137. The highest BCUT2D eigenvalue weighted by Crippen LogP contribution is 2.40. The second-order valence-electron chi connectivity index (χ2n) is 8.73. The van der Waals surface area contributed by atoms with Crippen molar-refractivity contribution in [3.05, 3.63) is 77.5 Å². The van der Waals surface area contributed by atoms with Crippen LogP contribution in [0.1, 0.15) is 27.9 Å². The molecule has 0 spiro atoms. The second-order valence-corrected chi connectivity index (χ2v) is 8.73. The topological polar surface area (TPSA) is 87.2 Å². The Labute approximate surface area is 210 Å². The smallest absolute Gasteiger partial charge is 0.357 e. The van der Waals surface area contributed by atoms with Crippen LogP contribution < -0.4 is 15.5 Å². The normalized spacial score (nSPS) is 13.4. The fraction of sp³-hybridized carbons (Fsp3) is 0.185. The van der Waals surface area contributed by atoms with Crippen LogP contribution in [0.2, 0.25) is 0 Å². The van der Waals surface area contributed by atoms with Crippen LogP contribution in [0.3, 0.4) is 0 Å². The van der Waals surface area contributed by atoms with E-state index >= 15 is 0 Å². The summed E-state index contributed by atoms with van der Waals surface area (Å²) in [6.07, 6.45) is -2.76. The summed E-state index contributed by atoms with van der Waals surface area (Å²) >= 11 is 0. The van der Waals surface area contributed by atoms with Crippen molar-refractivity contribution < 1.29 is 22.8 Å². The SMILES string of the molecule is CNc1ncc2cc(-c3cc(C(=O)Nc4ccc(N5CCC5=O)c(C(F)(F)F)c4)ccc3C)ccc2n1. The fourth-order valence-corrected chi connectivity index (χ4v) is 4.24. The Kier molecular flexibility index (Phi) is 6.02. The van der Waals surface area contributed by atoms with Gasteiger partial charge in [0.25, 0.3) is 5.91 Å². The lowest BCUT2D eigenvalue weighted by Crippen LogP contribution is -2.44. The molecule has 188 valence electrons. The Morgan fingerprint density at radius 3 is 2.54 bits per heavy atom. The van der Waals surface area contributed by atoms with E-state index < -0.39 is 17.6 Å². The molecule has 1 fully saturated rings. The maximum atomic E-state index is 13.7. The zero-order valence-electron chi connectivity index (χ0n) is 20.0. The highest BCUT2D eigenvalue weighted by Gasteiger charge is 2.38. The number of benzene rings is 3. The van der Waals surface area contributed by atoms with Crippen LogP contribution in [0, 0.1) is 6.92 Å². The van der Waals surface area contributed by atoms with E-state index in [2.05, 4.69) is 20.6 Å². The van der Waals surface area contributed by atoms with Gasteiger partial charge in [0.1, 0.15) is 0 Å². The van der Waals surface area contributed by atoms with Crippen molar-refractivity contribution in [3.8, 4) is 11.1 Å². The number of carbonyl (C=O) groups is 2. The Bertz CT molecular complexity index is 1550. The molecular formula is C27H22F3N5O2. The molecule has 0 unspecified atom stereocenters. The van der Waals surface area contributed by atoms with Crippen molar-refractivity contribution in [3.63, 3.8) is 0 Å². The van der Waals surface area contributed by atoms with E-state index in [1.807, 2.05) is 25.1 Å². The summed E-state index contributed by atoms with van der Waals surface area (Å²) in [6, 6.07) is 14.2. The number of rotatable bonds is 5. The lowest BCUT2D eigenvalue weighted by Gasteiger charge is -2.33. The lowest BCUT2D eigenvalue weighted by atomic mass is 9.97. The molecule has 1 aliphatic rings. The second kappa shape index (κ2) is 9.20. The average Bonchev–Trinajstić information content (AvgIpc) is 2.87. The largest absolute Gasteiger partial charge is 0.418 e. The van der Waals surface area contributed by atoms with Gasteiger partial charge in [0, 0.05) is 42.8 Å². The van der Waals surface area contributed by atoms with Crippen molar-refractivity contribution >= 4 is 40.0 Å². The number of anilines is 3. The quantitative estimate of drug-likeness (QED) is 0.342. The predicted molar refractivity (Wildman–Crippen MR) is 136 cm³/mol. The molecule has 0 radical (unpaired) electrons. The van der Waals surface area contributed by atoms with Gasteiger partial charge < -0.3 is 15.5 Å². The van der Waals surface area contributed by atoms with Gasteiger partial charge in [-0.05, 0) is 66.1 Å². The molecule has 0 aliphatic carbocycles. The van der Waals surface area contributed by atoms with Crippen molar-refractivity contribution in [1.29, 1.82) is 0 Å². The van der Waals surface area contributed by atoms with Gasteiger partial charge in [-0.2, -0.15) is 13.2 Å². The van der Waals surface area contributed by atoms with Gasteiger partial charge in [-0.15, -0.1) is 0 Å². The summed E-state index contributed by atoms with van der Waals surface area (Å²) in [4.78, 5) is 34.5. The summed E-state index contributed by atoms with van der Waals surface area (Å²) in [5.41, 5.74) is 2.44. The number of fused-ring (bicyclic) bond motifs is 1. The van der Waals surface area contributed by atoms with Crippen molar-refractivity contribution in [2.45, 2.75) is 19.5 Å². The van der Waals surface area contributed by atoms with Crippen LogP contribution in [0.4, 0.5) is 30.5 Å². The monoisotopic (exact) mass is 505 g/mol. The zero-order chi connectivity index (χ0) is 26.3. The Morgan fingerprint density at radius 2 is 1.86 bits per heavy atom.